The Balaban J connectivity index is 0.00000169. The van der Waals surface area contributed by atoms with Gasteiger partial charge in [0.05, 0.1) is 0 Å². The largest absolute Gasteiger partial charge is 0.330 e. The Kier molecular flexibility index (Phi) is 5.18. The molecule has 1 atom stereocenters. The molecule has 1 aromatic rings. The normalized spacial score (nSPS) is 11.6. The lowest BCUT2D eigenvalue weighted by Gasteiger charge is -2.10. The number of hydrogen-bond donors (Lipinski definition) is 1. The van der Waals surface area contributed by atoms with Crippen LogP contribution in [0.1, 0.15) is 38.3 Å². The Bertz CT molecular complexity index is 302. The van der Waals surface area contributed by atoms with Crippen LogP contribution in [-0.4, -0.2) is 6.54 Å². The van der Waals surface area contributed by atoms with Gasteiger partial charge in [-0.1, -0.05) is 50.8 Å². The van der Waals surface area contributed by atoms with Gasteiger partial charge in [0.25, 0.3) is 0 Å². The Morgan fingerprint density at radius 2 is 2.14 bits per heavy atom. The molecule has 0 aromatic heterocycles. The predicted octanol–water partition coefficient (Wildman–Crippen LogP) is 3.42. The summed E-state index contributed by atoms with van der Waals surface area (Å²) in [4.78, 5) is 0. The lowest BCUT2D eigenvalue weighted by Crippen LogP contribution is -2.08. The molecule has 1 unspecified atom stereocenters. The van der Waals surface area contributed by atoms with Crippen molar-refractivity contribution in [2.45, 2.75) is 27.2 Å². The number of allylic oxidation sites excluding steroid dienone is 1. The van der Waals surface area contributed by atoms with Gasteiger partial charge in [-0.3, -0.25) is 0 Å². The summed E-state index contributed by atoms with van der Waals surface area (Å²) < 4.78 is 0. The maximum atomic E-state index is 5.61. The molecule has 1 aromatic carbocycles. The molecule has 0 aliphatic carbocycles. The molecule has 0 spiro atoms. The zero-order valence-electron chi connectivity index (χ0n) is 8.38. The van der Waals surface area contributed by atoms with Crippen LogP contribution in [0.4, 0.5) is 0 Å². The number of benzene rings is 1. The van der Waals surface area contributed by atoms with E-state index < -0.39 is 0 Å². The first-order chi connectivity index (χ1) is 6.15. The molecule has 0 aliphatic rings. The molecular weight excluding hydrogens is 170 g/mol. The van der Waals surface area contributed by atoms with E-state index in [1.807, 2.05) is 6.92 Å². The monoisotopic (exact) mass is 191 g/mol. The van der Waals surface area contributed by atoms with Crippen LogP contribution in [0.2, 0.25) is 0 Å². The summed E-state index contributed by atoms with van der Waals surface area (Å²) in [6.07, 6.45) is 0. The topological polar surface area (TPSA) is 26.0 Å². The standard InChI is InChI=1S/C12H17N.CH4/c1-9(2)11-5-4-6-12(7-11)10(3)8-13;/h4-7,10H,1,8,13H2,2-3H3;1H4. The molecule has 1 heteroatoms. The Hall–Kier alpha value is -1.08. The fourth-order valence-corrected chi connectivity index (χ4v) is 1.25. The summed E-state index contributed by atoms with van der Waals surface area (Å²) in [5, 5.41) is 0. The van der Waals surface area contributed by atoms with Crippen LogP contribution in [0.15, 0.2) is 30.8 Å². The van der Waals surface area contributed by atoms with Crippen LogP contribution < -0.4 is 5.73 Å². The van der Waals surface area contributed by atoms with Gasteiger partial charge in [0, 0.05) is 0 Å². The van der Waals surface area contributed by atoms with Crippen LogP contribution >= 0.6 is 0 Å². The molecule has 14 heavy (non-hydrogen) atoms. The minimum Gasteiger partial charge on any atom is -0.330 e. The van der Waals surface area contributed by atoms with Crippen molar-refractivity contribution in [1.82, 2.24) is 0 Å². The van der Waals surface area contributed by atoms with E-state index >= 15 is 0 Å². The van der Waals surface area contributed by atoms with E-state index in [2.05, 4.69) is 37.8 Å². The van der Waals surface area contributed by atoms with E-state index in [0.29, 0.717) is 12.5 Å². The fraction of sp³-hybridized carbons (Fsp3) is 0.385. The van der Waals surface area contributed by atoms with E-state index in [4.69, 9.17) is 5.73 Å². The minimum absolute atomic E-state index is 0. The molecular formula is C13H21N. The number of rotatable bonds is 3. The SMILES string of the molecule is C.C=C(C)c1cccc(C(C)CN)c1. The van der Waals surface area contributed by atoms with Crippen molar-refractivity contribution >= 4 is 5.57 Å². The predicted molar refractivity (Wildman–Crippen MR) is 65.4 cm³/mol. The van der Waals surface area contributed by atoms with Gasteiger partial charge in [0.15, 0.2) is 0 Å². The summed E-state index contributed by atoms with van der Waals surface area (Å²) in [5.41, 5.74) is 9.21. The molecule has 0 saturated carbocycles. The average Bonchev–Trinajstić information content (AvgIpc) is 2.17. The first-order valence-corrected chi connectivity index (χ1v) is 4.61. The van der Waals surface area contributed by atoms with Crippen LogP contribution in [0, 0.1) is 0 Å². The third-order valence-corrected chi connectivity index (χ3v) is 2.30. The van der Waals surface area contributed by atoms with Crippen molar-refractivity contribution < 1.29 is 0 Å². The Morgan fingerprint density at radius 3 is 2.64 bits per heavy atom. The van der Waals surface area contributed by atoms with Gasteiger partial charge in [0.1, 0.15) is 0 Å². The van der Waals surface area contributed by atoms with Gasteiger partial charge in [0.2, 0.25) is 0 Å². The highest BCUT2D eigenvalue weighted by atomic mass is 14.5. The van der Waals surface area contributed by atoms with Crippen LogP contribution in [0.5, 0.6) is 0 Å². The lowest BCUT2D eigenvalue weighted by molar-refractivity contribution is 0.774. The molecule has 0 heterocycles. The summed E-state index contributed by atoms with van der Waals surface area (Å²) in [5.74, 6) is 0.430. The Morgan fingerprint density at radius 1 is 1.50 bits per heavy atom. The first-order valence-electron chi connectivity index (χ1n) is 4.61. The highest BCUT2D eigenvalue weighted by Gasteiger charge is 2.03. The zero-order chi connectivity index (χ0) is 9.84. The highest BCUT2D eigenvalue weighted by Crippen LogP contribution is 2.18. The molecule has 2 N–H and O–H groups in total. The number of nitrogens with two attached hydrogens (primary N) is 1. The molecule has 0 saturated heterocycles. The maximum Gasteiger partial charge on any atom is -0.00109 e. The van der Waals surface area contributed by atoms with Crippen molar-refractivity contribution in [2.75, 3.05) is 6.54 Å². The average molecular weight is 191 g/mol. The van der Waals surface area contributed by atoms with Crippen molar-refractivity contribution in [3.8, 4) is 0 Å². The van der Waals surface area contributed by atoms with Crippen molar-refractivity contribution in [2.24, 2.45) is 5.73 Å². The summed E-state index contributed by atoms with van der Waals surface area (Å²) in [6.45, 7) is 8.77. The molecule has 1 nitrogen and oxygen atoms in total. The fourth-order valence-electron chi connectivity index (χ4n) is 1.25. The molecule has 0 aliphatic heterocycles. The summed E-state index contributed by atoms with van der Waals surface area (Å²) in [7, 11) is 0. The van der Waals surface area contributed by atoms with Gasteiger partial charge in [-0.15, -0.1) is 0 Å². The van der Waals surface area contributed by atoms with E-state index in [9.17, 15) is 0 Å². The van der Waals surface area contributed by atoms with Crippen molar-refractivity contribution in [3.05, 3.63) is 42.0 Å². The second kappa shape index (κ2) is 5.61. The molecule has 0 bridgehead atoms. The van der Waals surface area contributed by atoms with Crippen LogP contribution in [-0.2, 0) is 0 Å². The molecule has 0 radical (unpaired) electrons. The molecule has 1 rings (SSSR count). The minimum atomic E-state index is 0. The van der Waals surface area contributed by atoms with E-state index in [1.165, 1.54) is 11.1 Å². The smallest absolute Gasteiger partial charge is 0.00109 e. The molecule has 0 fully saturated rings. The van der Waals surface area contributed by atoms with Crippen LogP contribution in [0.3, 0.4) is 0 Å². The van der Waals surface area contributed by atoms with E-state index in [0.717, 1.165) is 5.57 Å². The van der Waals surface area contributed by atoms with Crippen molar-refractivity contribution in [3.63, 3.8) is 0 Å². The van der Waals surface area contributed by atoms with Crippen LogP contribution in [0.25, 0.3) is 5.57 Å². The highest BCUT2D eigenvalue weighted by molar-refractivity contribution is 5.61. The summed E-state index contributed by atoms with van der Waals surface area (Å²) >= 11 is 0. The van der Waals surface area contributed by atoms with E-state index in [-0.39, 0.29) is 7.43 Å². The molecule has 0 amide bonds. The second-order valence-corrected chi connectivity index (χ2v) is 3.54. The van der Waals surface area contributed by atoms with Gasteiger partial charge >= 0.3 is 0 Å². The van der Waals surface area contributed by atoms with Crippen molar-refractivity contribution in [1.29, 1.82) is 0 Å². The van der Waals surface area contributed by atoms with Gasteiger partial charge in [-0.2, -0.15) is 0 Å². The lowest BCUT2D eigenvalue weighted by atomic mass is 9.97. The molecule has 78 valence electrons. The quantitative estimate of drug-likeness (QED) is 0.778. The van der Waals surface area contributed by atoms with Gasteiger partial charge in [-0.05, 0) is 30.5 Å². The number of hydrogen-bond acceptors (Lipinski definition) is 1. The first kappa shape index (κ1) is 12.9. The van der Waals surface area contributed by atoms with Gasteiger partial charge in [-0.25, -0.2) is 0 Å². The third-order valence-electron chi connectivity index (χ3n) is 2.30. The zero-order valence-corrected chi connectivity index (χ0v) is 8.38. The second-order valence-electron chi connectivity index (χ2n) is 3.54. The third kappa shape index (κ3) is 3.00. The maximum absolute atomic E-state index is 5.61. The summed E-state index contributed by atoms with van der Waals surface area (Å²) in [6, 6.07) is 8.42. The Labute approximate surface area is 87.6 Å². The van der Waals surface area contributed by atoms with Gasteiger partial charge < -0.3 is 5.73 Å². The van der Waals surface area contributed by atoms with E-state index in [1.54, 1.807) is 0 Å².